The normalized spacial score (nSPS) is 22.6. The van der Waals surface area contributed by atoms with Crippen LogP contribution >= 0.6 is 0 Å². The van der Waals surface area contributed by atoms with Crippen LogP contribution in [-0.4, -0.2) is 22.7 Å². The van der Waals surface area contributed by atoms with Crippen molar-refractivity contribution in [3.63, 3.8) is 0 Å². The molecule has 0 aromatic rings. The van der Waals surface area contributed by atoms with Crippen LogP contribution < -0.4 is 0 Å². The summed E-state index contributed by atoms with van der Waals surface area (Å²) in [5.74, 6) is -0.433. The smallest absolute Gasteiger partial charge is 0.204 e. The van der Waals surface area contributed by atoms with Crippen molar-refractivity contribution < 1.29 is 9.90 Å². The van der Waals surface area contributed by atoms with Gasteiger partial charge in [0.1, 0.15) is 5.60 Å². The second kappa shape index (κ2) is 3.13. The van der Waals surface area contributed by atoms with Crippen molar-refractivity contribution in [2.75, 3.05) is 0 Å². The fraction of sp³-hybridized carbons (Fsp3) is 0.750. The van der Waals surface area contributed by atoms with Crippen LogP contribution in [0.15, 0.2) is 0 Å². The second-order valence-corrected chi connectivity index (χ2v) is 3.10. The lowest BCUT2D eigenvalue weighted by Crippen LogP contribution is -2.40. The van der Waals surface area contributed by atoms with Crippen LogP contribution in [0.25, 0.3) is 0 Å². The molecule has 0 saturated heterocycles. The molecule has 0 spiro atoms. The molecule has 0 heterocycles. The number of rotatable bonds is 2. The number of Topliss-reactive ketones (excluding diaryl/α,β-unsaturated/α-hetero) is 1. The Morgan fingerprint density at radius 3 is 2.36 bits per heavy atom. The van der Waals surface area contributed by atoms with Crippen molar-refractivity contribution in [1.82, 2.24) is 0 Å². The van der Waals surface area contributed by atoms with E-state index in [9.17, 15) is 9.90 Å². The van der Waals surface area contributed by atoms with Gasteiger partial charge in [-0.25, -0.2) is 0 Å². The molecule has 1 saturated carbocycles. The summed E-state index contributed by atoms with van der Waals surface area (Å²) in [4.78, 5) is 11.0. The van der Waals surface area contributed by atoms with Crippen molar-refractivity contribution in [3.05, 3.63) is 0 Å². The Kier molecular flexibility index (Phi) is 2.39. The highest BCUT2D eigenvalue weighted by Gasteiger charge is 2.35. The van der Waals surface area contributed by atoms with Gasteiger partial charge >= 0.3 is 0 Å². The van der Waals surface area contributed by atoms with Crippen molar-refractivity contribution in [1.29, 1.82) is 5.41 Å². The van der Waals surface area contributed by atoms with Gasteiger partial charge in [-0.3, -0.25) is 4.79 Å². The fourth-order valence-corrected chi connectivity index (χ4v) is 1.52. The second-order valence-electron chi connectivity index (χ2n) is 3.10. The van der Waals surface area contributed by atoms with Gasteiger partial charge in [-0.05, 0) is 12.8 Å². The third kappa shape index (κ3) is 1.66. The summed E-state index contributed by atoms with van der Waals surface area (Å²) in [7, 11) is 0. The van der Waals surface area contributed by atoms with Gasteiger partial charge in [0.25, 0.3) is 0 Å². The summed E-state index contributed by atoms with van der Waals surface area (Å²) >= 11 is 0. The summed E-state index contributed by atoms with van der Waals surface area (Å²) in [5, 5.41) is 16.4. The van der Waals surface area contributed by atoms with Crippen LogP contribution in [-0.2, 0) is 4.79 Å². The van der Waals surface area contributed by atoms with Crippen LogP contribution in [0, 0.1) is 5.41 Å². The molecule has 0 unspecified atom stereocenters. The molecule has 3 nitrogen and oxygen atoms in total. The first-order chi connectivity index (χ1) is 5.19. The molecule has 0 radical (unpaired) electrons. The van der Waals surface area contributed by atoms with E-state index in [1.165, 1.54) is 0 Å². The van der Waals surface area contributed by atoms with Crippen LogP contribution in [0.2, 0.25) is 0 Å². The van der Waals surface area contributed by atoms with E-state index in [0.717, 1.165) is 25.5 Å². The van der Waals surface area contributed by atoms with Gasteiger partial charge in [0.15, 0.2) is 0 Å². The van der Waals surface area contributed by atoms with E-state index in [-0.39, 0.29) is 0 Å². The zero-order chi connectivity index (χ0) is 8.32. The number of hydrogen-bond acceptors (Lipinski definition) is 3. The molecule has 0 aromatic carbocycles. The number of carbonyl (C=O) groups is 1. The van der Waals surface area contributed by atoms with Gasteiger partial charge in [0.2, 0.25) is 5.78 Å². The molecule has 0 amide bonds. The van der Waals surface area contributed by atoms with Crippen molar-refractivity contribution >= 4 is 12.0 Å². The van der Waals surface area contributed by atoms with Gasteiger partial charge < -0.3 is 10.5 Å². The molecule has 0 aromatic heterocycles. The van der Waals surface area contributed by atoms with Gasteiger partial charge in [-0.1, -0.05) is 19.3 Å². The largest absolute Gasteiger partial charge is 0.382 e. The summed E-state index contributed by atoms with van der Waals surface area (Å²) in [6.07, 6.45) is 4.67. The predicted octanol–water partition coefficient (Wildman–Crippen LogP) is 0.900. The minimum absolute atomic E-state index is 0.433. The van der Waals surface area contributed by atoms with Gasteiger partial charge in [0, 0.05) is 0 Å². The highest BCUT2D eigenvalue weighted by atomic mass is 16.3. The van der Waals surface area contributed by atoms with E-state index in [1.54, 1.807) is 0 Å². The molecule has 2 N–H and O–H groups in total. The SMILES string of the molecule is N=CC(=O)C1(O)CCCCC1. The van der Waals surface area contributed by atoms with E-state index in [0.29, 0.717) is 12.8 Å². The van der Waals surface area contributed by atoms with Crippen LogP contribution in [0.4, 0.5) is 0 Å². The third-order valence-corrected chi connectivity index (χ3v) is 2.27. The average molecular weight is 155 g/mol. The molecule has 11 heavy (non-hydrogen) atoms. The quantitative estimate of drug-likeness (QED) is 0.582. The molecular weight excluding hydrogens is 142 g/mol. The van der Waals surface area contributed by atoms with E-state index in [4.69, 9.17) is 5.41 Å². The first kappa shape index (κ1) is 8.40. The number of ketones is 1. The van der Waals surface area contributed by atoms with Crippen molar-refractivity contribution in [2.45, 2.75) is 37.7 Å². The molecule has 62 valence electrons. The van der Waals surface area contributed by atoms with E-state index < -0.39 is 11.4 Å². The zero-order valence-electron chi connectivity index (χ0n) is 6.47. The maximum atomic E-state index is 11.0. The first-order valence-corrected chi connectivity index (χ1v) is 3.96. The fourth-order valence-electron chi connectivity index (χ4n) is 1.52. The standard InChI is InChI=1S/C8H13NO2/c9-6-7(10)8(11)4-2-1-3-5-8/h6,9,11H,1-5H2. The highest BCUT2D eigenvalue weighted by molar-refractivity contribution is 6.29. The lowest BCUT2D eigenvalue weighted by atomic mass is 9.82. The molecular formula is C8H13NO2. The summed E-state index contributed by atoms with van der Waals surface area (Å²) in [6.45, 7) is 0. The van der Waals surface area contributed by atoms with Crippen molar-refractivity contribution in [2.24, 2.45) is 0 Å². The molecule has 1 aliphatic rings. The number of carbonyl (C=O) groups excluding carboxylic acids is 1. The van der Waals surface area contributed by atoms with Crippen molar-refractivity contribution in [3.8, 4) is 0 Å². The maximum absolute atomic E-state index is 11.0. The van der Waals surface area contributed by atoms with Gasteiger partial charge in [0.05, 0.1) is 6.21 Å². The predicted molar refractivity (Wildman–Crippen MR) is 41.8 cm³/mol. The Morgan fingerprint density at radius 1 is 1.36 bits per heavy atom. The Labute approximate surface area is 65.9 Å². The van der Waals surface area contributed by atoms with E-state index in [1.807, 2.05) is 0 Å². The average Bonchev–Trinajstić information content (AvgIpc) is 2.04. The molecule has 1 aliphatic carbocycles. The molecule has 1 fully saturated rings. The minimum Gasteiger partial charge on any atom is -0.382 e. The van der Waals surface area contributed by atoms with Crippen LogP contribution in [0.3, 0.4) is 0 Å². The monoisotopic (exact) mass is 155 g/mol. The number of nitrogens with one attached hydrogen (secondary N) is 1. The summed E-state index contributed by atoms with van der Waals surface area (Å²) < 4.78 is 0. The Bertz CT molecular complexity index is 171. The highest BCUT2D eigenvalue weighted by Crippen LogP contribution is 2.28. The van der Waals surface area contributed by atoms with Crippen LogP contribution in [0.5, 0.6) is 0 Å². The number of aliphatic hydroxyl groups is 1. The minimum atomic E-state index is -1.19. The van der Waals surface area contributed by atoms with Gasteiger partial charge in [-0.15, -0.1) is 0 Å². The third-order valence-electron chi connectivity index (χ3n) is 2.27. The molecule has 0 atom stereocenters. The molecule has 0 aliphatic heterocycles. The van der Waals surface area contributed by atoms with Gasteiger partial charge in [-0.2, -0.15) is 0 Å². The Hall–Kier alpha value is -0.700. The molecule has 1 rings (SSSR count). The lowest BCUT2D eigenvalue weighted by Gasteiger charge is -2.28. The van der Waals surface area contributed by atoms with E-state index >= 15 is 0 Å². The number of hydrogen-bond donors (Lipinski definition) is 2. The molecule has 3 heteroatoms. The Morgan fingerprint density at radius 2 is 1.91 bits per heavy atom. The summed E-state index contributed by atoms with van der Waals surface area (Å²) in [5.41, 5.74) is -1.19. The molecule has 0 bridgehead atoms. The first-order valence-electron chi connectivity index (χ1n) is 3.96. The Balaban J connectivity index is 2.63. The zero-order valence-corrected chi connectivity index (χ0v) is 6.47. The maximum Gasteiger partial charge on any atom is 0.204 e. The topological polar surface area (TPSA) is 61.2 Å². The van der Waals surface area contributed by atoms with E-state index in [2.05, 4.69) is 0 Å². The summed E-state index contributed by atoms with van der Waals surface area (Å²) in [6, 6.07) is 0. The lowest BCUT2D eigenvalue weighted by molar-refractivity contribution is -0.132. The van der Waals surface area contributed by atoms with Crippen LogP contribution in [0.1, 0.15) is 32.1 Å².